The second-order valence-corrected chi connectivity index (χ2v) is 10.3. The van der Waals surface area contributed by atoms with Gasteiger partial charge in [0, 0.05) is 5.69 Å². The molecule has 1 heterocycles. The van der Waals surface area contributed by atoms with Crippen molar-refractivity contribution in [1.29, 1.82) is 0 Å². The number of thioether (sulfide) groups is 1. The highest BCUT2D eigenvalue weighted by atomic mass is 32.2. The van der Waals surface area contributed by atoms with E-state index in [0.717, 1.165) is 27.5 Å². The van der Waals surface area contributed by atoms with Crippen LogP contribution in [0.5, 0.6) is 0 Å². The summed E-state index contributed by atoms with van der Waals surface area (Å²) in [5.74, 6) is -0.243. The average molecular weight is 492 g/mol. The highest BCUT2D eigenvalue weighted by molar-refractivity contribution is 7.99. The van der Waals surface area contributed by atoms with Crippen LogP contribution in [-0.2, 0) is 4.79 Å². The molecular weight excluding hydrogens is 462 g/mol. The average Bonchev–Trinajstić information content (AvgIpc) is 2.81. The summed E-state index contributed by atoms with van der Waals surface area (Å²) >= 11 is 1.67. The zero-order valence-corrected chi connectivity index (χ0v) is 20.8. The lowest BCUT2D eigenvalue weighted by Crippen LogP contribution is -2.56. The van der Waals surface area contributed by atoms with Crippen molar-refractivity contribution >= 4 is 51.8 Å². The molecule has 1 aliphatic heterocycles. The van der Waals surface area contributed by atoms with Crippen molar-refractivity contribution < 1.29 is 19.5 Å². The number of benzene rings is 3. The number of rotatable bonds is 5. The Hall–Kier alpha value is -3.52. The van der Waals surface area contributed by atoms with Crippen molar-refractivity contribution in [2.24, 2.45) is 0 Å². The summed E-state index contributed by atoms with van der Waals surface area (Å²) in [4.78, 5) is 38.5. The molecule has 3 amide bonds. The van der Waals surface area contributed by atoms with Gasteiger partial charge in [0.25, 0.3) is 5.91 Å². The summed E-state index contributed by atoms with van der Waals surface area (Å²) in [7, 11) is 0. The molecule has 182 valence electrons. The standard InChI is InChI=1S/C27H29N3O4S/c1-16-12-17(2)23(18(3)13-16)29-26(34)28-22-15-20-7-5-4-6-19(20)14-21(22)24(31)30-27(25(32)33)8-10-35-11-9-27/h4-7,12-15H,8-11H2,1-3H3,(H,30,31)(H,32,33)(H2,28,29,34). The van der Waals surface area contributed by atoms with Gasteiger partial charge in [0.1, 0.15) is 5.54 Å². The van der Waals surface area contributed by atoms with E-state index in [1.54, 1.807) is 23.9 Å². The third-order valence-corrected chi connectivity index (χ3v) is 7.39. The van der Waals surface area contributed by atoms with Crippen LogP contribution < -0.4 is 16.0 Å². The fraction of sp³-hybridized carbons (Fsp3) is 0.296. The zero-order chi connectivity index (χ0) is 25.2. The van der Waals surface area contributed by atoms with E-state index in [4.69, 9.17) is 0 Å². The summed E-state index contributed by atoms with van der Waals surface area (Å²) in [5.41, 5.74) is 2.91. The van der Waals surface area contributed by atoms with Gasteiger partial charge in [-0.3, -0.25) is 4.79 Å². The van der Waals surface area contributed by atoms with Gasteiger partial charge in [-0.2, -0.15) is 11.8 Å². The minimum atomic E-state index is -1.32. The van der Waals surface area contributed by atoms with E-state index >= 15 is 0 Å². The van der Waals surface area contributed by atoms with Crippen LogP contribution in [0.2, 0.25) is 0 Å². The highest BCUT2D eigenvalue weighted by Gasteiger charge is 2.41. The molecule has 4 rings (SSSR count). The first kappa shape index (κ1) is 24.6. The Bertz CT molecular complexity index is 1290. The lowest BCUT2D eigenvalue weighted by molar-refractivity contribution is -0.144. The van der Waals surface area contributed by atoms with Crippen molar-refractivity contribution in [2.45, 2.75) is 39.2 Å². The second-order valence-electron chi connectivity index (χ2n) is 9.05. The normalized spacial score (nSPS) is 14.8. The van der Waals surface area contributed by atoms with Gasteiger partial charge in [0.05, 0.1) is 11.3 Å². The Kier molecular flexibility index (Phi) is 7.03. The molecule has 4 N–H and O–H groups in total. The maximum Gasteiger partial charge on any atom is 0.329 e. The van der Waals surface area contributed by atoms with Crippen LogP contribution in [-0.4, -0.2) is 40.1 Å². The third-order valence-electron chi connectivity index (χ3n) is 6.40. The second kappa shape index (κ2) is 10.00. The van der Waals surface area contributed by atoms with E-state index in [1.165, 1.54) is 0 Å². The van der Waals surface area contributed by atoms with Crippen molar-refractivity contribution in [3.05, 3.63) is 70.8 Å². The molecule has 0 unspecified atom stereocenters. The molecule has 7 nitrogen and oxygen atoms in total. The molecule has 0 aliphatic carbocycles. The van der Waals surface area contributed by atoms with E-state index in [9.17, 15) is 19.5 Å². The van der Waals surface area contributed by atoms with Crippen molar-refractivity contribution in [3.63, 3.8) is 0 Å². The van der Waals surface area contributed by atoms with Crippen molar-refractivity contribution in [2.75, 3.05) is 22.1 Å². The number of hydrogen-bond donors (Lipinski definition) is 4. The minimum Gasteiger partial charge on any atom is -0.480 e. The van der Waals surface area contributed by atoms with Crippen LogP contribution in [0.4, 0.5) is 16.2 Å². The lowest BCUT2D eigenvalue weighted by atomic mass is 9.91. The van der Waals surface area contributed by atoms with E-state index in [-0.39, 0.29) is 5.56 Å². The van der Waals surface area contributed by atoms with Crippen molar-refractivity contribution in [3.8, 4) is 0 Å². The zero-order valence-electron chi connectivity index (χ0n) is 20.0. The smallest absolute Gasteiger partial charge is 0.329 e. The topological polar surface area (TPSA) is 108 Å². The minimum absolute atomic E-state index is 0.218. The number of fused-ring (bicyclic) bond motifs is 1. The van der Waals surface area contributed by atoms with Gasteiger partial charge in [-0.1, -0.05) is 42.0 Å². The van der Waals surface area contributed by atoms with Gasteiger partial charge in [0.2, 0.25) is 0 Å². The summed E-state index contributed by atoms with van der Waals surface area (Å²) in [6, 6.07) is 14.4. The molecule has 0 radical (unpaired) electrons. The molecular formula is C27H29N3O4S. The Morgan fingerprint density at radius 1 is 0.886 bits per heavy atom. The van der Waals surface area contributed by atoms with E-state index < -0.39 is 23.4 Å². The quantitative estimate of drug-likeness (QED) is 0.378. The molecule has 0 spiro atoms. The molecule has 0 saturated carbocycles. The number of hydrogen-bond acceptors (Lipinski definition) is 4. The Morgan fingerprint density at radius 2 is 1.49 bits per heavy atom. The lowest BCUT2D eigenvalue weighted by Gasteiger charge is -2.34. The summed E-state index contributed by atoms with van der Waals surface area (Å²) in [5, 5.41) is 20.1. The fourth-order valence-corrected chi connectivity index (χ4v) is 5.76. The number of carboxylic acid groups (broad SMARTS) is 1. The van der Waals surface area contributed by atoms with Crippen LogP contribution in [0, 0.1) is 20.8 Å². The summed E-state index contributed by atoms with van der Waals surface area (Å²) in [6.45, 7) is 5.86. The van der Waals surface area contributed by atoms with Crippen LogP contribution >= 0.6 is 11.8 Å². The van der Waals surface area contributed by atoms with Crippen molar-refractivity contribution in [1.82, 2.24) is 5.32 Å². The first-order valence-corrected chi connectivity index (χ1v) is 12.7. The fourth-order valence-electron chi connectivity index (χ4n) is 4.57. The van der Waals surface area contributed by atoms with Gasteiger partial charge < -0.3 is 21.1 Å². The van der Waals surface area contributed by atoms with Crippen LogP contribution in [0.15, 0.2) is 48.5 Å². The van der Waals surface area contributed by atoms with Crippen LogP contribution in [0.25, 0.3) is 10.8 Å². The van der Waals surface area contributed by atoms with Crippen LogP contribution in [0.3, 0.4) is 0 Å². The molecule has 1 fully saturated rings. The number of urea groups is 1. The van der Waals surface area contributed by atoms with Gasteiger partial charge in [-0.25, -0.2) is 9.59 Å². The number of anilines is 2. The summed E-state index contributed by atoms with van der Waals surface area (Å²) in [6.07, 6.45) is 0.698. The Labute approximate surface area is 208 Å². The maximum absolute atomic E-state index is 13.4. The Morgan fingerprint density at radius 3 is 2.09 bits per heavy atom. The molecule has 1 saturated heterocycles. The third kappa shape index (κ3) is 5.27. The first-order valence-electron chi connectivity index (χ1n) is 11.5. The number of aliphatic carboxylic acids is 1. The SMILES string of the molecule is Cc1cc(C)c(NC(=O)Nc2cc3ccccc3cc2C(=O)NC2(C(=O)O)CCSCC2)c(C)c1. The monoisotopic (exact) mass is 491 g/mol. The molecule has 0 aromatic heterocycles. The molecule has 1 aliphatic rings. The van der Waals surface area contributed by atoms with E-state index in [0.29, 0.717) is 35.7 Å². The number of amides is 3. The van der Waals surface area contributed by atoms with Crippen LogP contribution in [0.1, 0.15) is 39.9 Å². The predicted molar refractivity (Wildman–Crippen MR) is 142 cm³/mol. The van der Waals surface area contributed by atoms with E-state index in [2.05, 4.69) is 16.0 Å². The highest BCUT2D eigenvalue weighted by Crippen LogP contribution is 2.30. The molecule has 35 heavy (non-hydrogen) atoms. The molecule has 0 atom stereocenters. The Balaban J connectivity index is 1.66. The van der Waals surface area contributed by atoms with Gasteiger partial charge in [-0.15, -0.1) is 0 Å². The van der Waals surface area contributed by atoms with E-state index in [1.807, 2.05) is 57.2 Å². The largest absolute Gasteiger partial charge is 0.480 e. The number of aryl methyl sites for hydroxylation is 3. The molecule has 8 heteroatoms. The number of carbonyl (C=O) groups is 3. The number of nitrogens with one attached hydrogen (secondary N) is 3. The van der Waals surface area contributed by atoms with Gasteiger partial charge >= 0.3 is 12.0 Å². The maximum atomic E-state index is 13.4. The first-order chi connectivity index (χ1) is 16.7. The summed E-state index contributed by atoms with van der Waals surface area (Å²) < 4.78 is 0. The predicted octanol–water partition coefficient (Wildman–Crippen LogP) is 5.49. The molecule has 3 aromatic carbocycles. The van der Waals surface area contributed by atoms with Gasteiger partial charge in [0.15, 0.2) is 0 Å². The molecule has 0 bridgehead atoms. The molecule has 3 aromatic rings. The number of carbonyl (C=O) groups excluding carboxylic acids is 2. The number of carboxylic acids is 1. The van der Waals surface area contributed by atoms with Gasteiger partial charge in [-0.05, 0) is 79.2 Å².